The second kappa shape index (κ2) is 3.35. The van der Waals surface area contributed by atoms with E-state index in [-0.39, 0.29) is 0 Å². The van der Waals surface area contributed by atoms with Gasteiger partial charge in [-0.05, 0) is 31.1 Å². The van der Waals surface area contributed by atoms with Gasteiger partial charge in [0.25, 0.3) is 0 Å². The van der Waals surface area contributed by atoms with Crippen molar-refractivity contribution in [1.82, 2.24) is 15.0 Å². The molecule has 1 aliphatic carbocycles. The van der Waals surface area contributed by atoms with E-state index >= 15 is 0 Å². The van der Waals surface area contributed by atoms with Crippen LogP contribution in [0.25, 0.3) is 0 Å². The number of aryl methyl sites for hydroxylation is 1. The van der Waals surface area contributed by atoms with Crippen LogP contribution in [0.1, 0.15) is 31.9 Å². The lowest BCUT2D eigenvalue weighted by atomic mass is 9.84. The van der Waals surface area contributed by atoms with Crippen LogP contribution in [-0.4, -0.2) is 21.0 Å². The van der Waals surface area contributed by atoms with Gasteiger partial charge in [-0.2, -0.15) is 15.0 Å². The maximum Gasteiger partial charge on any atom is 0.0832 e. The summed E-state index contributed by atoms with van der Waals surface area (Å²) in [6, 6.07) is 0.386. The number of rotatable bonds is 2. The second-order valence-electron chi connectivity index (χ2n) is 4.82. The molecule has 1 aliphatic rings. The zero-order valence-electron chi connectivity index (χ0n) is 8.90. The normalized spacial score (nSPS) is 32.4. The fourth-order valence-corrected chi connectivity index (χ4v) is 2.44. The summed E-state index contributed by atoms with van der Waals surface area (Å²) in [4.78, 5) is 1.62. The molecule has 4 heteroatoms. The SMILES string of the molecule is Cn1ncc(CC2(C)CCC(N)C2)n1. The molecule has 2 unspecified atom stereocenters. The van der Waals surface area contributed by atoms with Crippen LogP contribution < -0.4 is 5.73 Å². The van der Waals surface area contributed by atoms with Crippen molar-refractivity contribution in [3.63, 3.8) is 0 Å². The minimum atomic E-state index is 0.343. The first-order valence-electron chi connectivity index (χ1n) is 5.18. The summed E-state index contributed by atoms with van der Waals surface area (Å²) in [6.07, 6.45) is 6.34. The molecule has 1 heterocycles. The fourth-order valence-electron chi connectivity index (χ4n) is 2.44. The van der Waals surface area contributed by atoms with E-state index < -0.39 is 0 Å². The lowest BCUT2D eigenvalue weighted by Crippen LogP contribution is -2.21. The smallest absolute Gasteiger partial charge is 0.0832 e. The molecule has 1 fully saturated rings. The molecule has 0 radical (unpaired) electrons. The van der Waals surface area contributed by atoms with Crippen LogP contribution >= 0.6 is 0 Å². The first-order valence-corrected chi connectivity index (χ1v) is 5.18. The Bertz CT molecular complexity index is 320. The molecule has 0 spiro atoms. The average Bonchev–Trinajstić information content (AvgIpc) is 2.60. The molecule has 0 amide bonds. The highest BCUT2D eigenvalue weighted by molar-refractivity contribution is 5.00. The number of nitrogens with zero attached hydrogens (tertiary/aromatic N) is 3. The van der Waals surface area contributed by atoms with Crippen LogP contribution in [0.15, 0.2) is 6.20 Å². The van der Waals surface area contributed by atoms with Crippen LogP contribution in [0.5, 0.6) is 0 Å². The molecule has 2 atom stereocenters. The van der Waals surface area contributed by atoms with Crippen LogP contribution in [0.2, 0.25) is 0 Å². The van der Waals surface area contributed by atoms with Crippen molar-refractivity contribution in [3.05, 3.63) is 11.9 Å². The summed E-state index contributed by atoms with van der Waals surface area (Å²) in [5.74, 6) is 0. The van der Waals surface area contributed by atoms with Crippen molar-refractivity contribution in [1.29, 1.82) is 0 Å². The van der Waals surface area contributed by atoms with Gasteiger partial charge in [0.15, 0.2) is 0 Å². The summed E-state index contributed by atoms with van der Waals surface area (Å²) in [5, 5.41) is 8.39. The number of hydrogen-bond acceptors (Lipinski definition) is 3. The highest BCUT2D eigenvalue weighted by Crippen LogP contribution is 2.39. The summed E-state index contributed by atoms with van der Waals surface area (Å²) in [5.41, 5.74) is 7.36. The van der Waals surface area contributed by atoms with Gasteiger partial charge in [-0.15, -0.1) is 0 Å². The van der Waals surface area contributed by atoms with E-state index in [1.54, 1.807) is 4.80 Å². The summed E-state index contributed by atoms with van der Waals surface area (Å²) >= 11 is 0. The maximum absolute atomic E-state index is 5.93. The van der Waals surface area contributed by atoms with Gasteiger partial charge >= 0.3 is 0 Å². The first kappa shape index (κ1) is 9.65. The lowest BCUT2D eigenvalue weighted by Gasteiger charge is -2.21. The van der Waals surface area contributed by atoms with E-state index in [0.29, 0.717) is 11.5 Å². The van der Waals surface area contributed by atoms with Gasteiger partial charge in [0, 0.05) is 13.1 Å². The number of hydrogen-bond donors (Lipinski definition) is 1. The van der Waals surface area contributed by atoms with E-state index in [4.69, 9.17) is 5.73 Å². The number of aromatic nitrogens is 3. The third kappa shape index (κ3) is 1.95. The van der Waals surface area contributed by atoms with E-state index in [1.807, 2.05) is 13.2 Å². The molecule has 0 bridgehead atoms. The summed E-state index contributed by atoms with van der Waals surface area (Å²) in [6.45, 7) is 2.30. The monoisotopic (exact) mass is 194 g/mol. The highest BCUT2D eigenvalue weighted by atomic mass is 15.4. The van der Waals surface area contributed by atoms with Crippen LogP contribution in [0.4, 0.5) is 0 Å². The quantitative estimate of drug-likeness (QED) is 0.760. The second-order valence-corrected chi connectivity index (χ2v) is 4.82. The first-order chi connectivity index (χ1) is 6.57. The van der Waals surface area contributed by atoms with Crippen LogP contribution in [-0.2, 0) is 13.5 Å². The van der Waals surface area contributed by atoms with Gasteiger partial charge in [0.2, 0.25) is 0 Å². The Kier molecular flexibility index (Phi) is 2.31. The highest BCUT2D eigenvalue weighted by Gasteiger charge is 2.33. The molecule has 1 aromatic rings. The molecular weight excluding hydrogens is 176 g/mol. The van der Waals surface area contributed by atoms with Gasteiger partial charge in [-0.1, -0.05) is 6.92 Å². The van der Waals surface area contributed by atoms with Crippen molar-refractivity contribution >= 4 is 0 Å². The van der Waals surface area contributed by atoms with Crippen LogP contribution in [0, 0.1) is 5.41 Å². The van der Waals surface area contributed by atoms with Gasteiger partial charge < -0.3 is 5.73 Å². The Labute approximate surface area is 84.5 Å². The van der Waals surface area contributed by atoms with E-state index in [1.165, 1.54) is 6.42 Å². The molecule has 0 aromatic carbocycles. The topological polar surface area (TPSA) is 56.7 Å². The summed E-state index contributed by atoms with van der Waals surface area (Å²) < 4.78 is 0. The molecule has 0 saturated heterocycles. The minimum Gasteiger partial charge on any atom is -0.328 e. The Morgan fingerprint density at radius 2 is 2.50 bits per heavy atom. The van der Waals surface area contributed by atoms with E-state index in [2.05, 4.69) is 17.1 Å². The van der Waals surface area contributed by atoms with Crippen molar-refractivity contribution in [2.75, 3.05) is 0 Å². The molecule has 1 aromatic heterocycles. The zero-order valence-corrected chi connectivity index (χ0v) is 8.90. The molecule has 1 saturated carbocycles. The number of nitrogens with two attached hydrogens (primary N) is 1. The van der Waals surface area contributed by atoms with Crippen molar-refractivity contribution in [2.45, 2.75) is 38.6 Å². The van der Waals surface area contributed by atoms with Crippen LogP contribution in [0.3, 0.4) is 0 Å². The molecule has 4 nitrogen and oxygen atoms in total. The largest absolute Gasteiger partial charge is 0.328 e. The zero-order chi connectivity index (χ0) is 10.2. The van der Waals surface area contributed by atoms with Gasteiger partial charge in [-0.3, -0.25) is 0 Å². The molecule has 14 heavy (non-hydrogen) atoms. The van der Waals surface area contributed by atoms with Gasteiger partial charge in [0.1, 0.15) is 0 Å². The predicted octanol–water partition coefficient (Wildman–Crippen LogP) is 0.875. The Hall–Kier alpha value is -0.900. The van der Waals surface area contributed by atoms with E-state index in [9.17, 15) is 0 Å². The third-order valence-electron chi connectivity index (χ3n) is 3.13. The third-order valence-corrected chi connectivity index (χ3v) is 3.13. The Morgan fingerprint density at radius 3 is 3.00 bits per heavy atom. The average molecular weight is 194 g/mol. The Balaban J connectivity index is 2.03. The minimum absolute atomic E-state index is 0.343. The summed E-state index contributed by atoms with van der Waals surface area (Å²) in [7, 11) is 1.85. The standard InChI is InChI=1S/C10H18N4/c1-10(4-3-8(11)5-10)6-9-7-12-14(2)13-9/h7-8H,3-6,11H2,1-2H3. The molecule has 0 aliphatic heterocycles. The maximum atomic E-state index is 5.93. The Morgan fingerprint density at radius 1 is 1.71 bits per heavy atom. The van der Waals surface area contributed by atoms with Gasteiger partial charge in [0.05, 0.1) is 11.9 Å². The lowest BCUT2D eigenvalue weighted by molar-refractivity contribution is 0.325. The predicted molar refractivity (Wildman–Crippen MR) is 54.6 cm³/mol. The molecule has 78 valence electrons. The van der Waals surface area contributed by atoms with Crippen molar-refractivity contribution in [3.8, 4) is 0 Å². The molecule has 2 rings (SSSR count). The van der Waals surface area contributed by atoms with Crippen molar-refractivity contribution in [2.24, 2.45) is 18.2 Å². The molecular formula is C10H18N4. The van der Waals surface area contributed by atoms with E-state index in [0.717, 1.165) is 25.0 Å². The van der Waals surface area contributed by atoms with Crippen molar-refractivity contribution < 1.29 is 0 Å². The molecule has 2 N–H and O–H groups in total. The van der Waals surface area contributed by atoms with Gasteiger partial charge in [-0.25, -0.2) is 0 Å². The fraction of sp³-hybridized carbons (Fsp3) is 0.800.